The Morgan fingerprint density at radius 2 is 3.00 bits per heavy atom. The Kier molecular flexibility index (Phi) is 1.70. The van der Waals surface area contributed by atoms with E-state index in [1.54, 1.807) is 5.69 Å². The molecular formula is C3H3PSb. The molecule has 5 heavy (non-hydrogen) atoms. The Hall–Kier alpha value is 0.858. The van der Waals surface area contributed by atoms with Crippen LogP contribution in [0.3, 0.4) is 0 Å². The van der Waals surface area contributed by atoms with Crippen molar-refractivity contribution < 1.29 is 0 Å². The van der Waals surface area contributed by atoms with Crippen LogP contribution in [0.25, 0.3) is 0 Å². The molecule has 1 radical (unpaired) electrons. The maximum absolute atomic E-state index is 3.23. The predicted octanol–water partition coefficient (Wildman–Crippen LogP) is 0.882. The van der Waals surface area contributed by atoms with Crippen molar-refractivity contribution in [3.63, 3.8) is 0 Å². The molecule has 0 bridgehead atoms. The molecule has 1 aliphatic rings. The second kappa shape index (κ2) is 2.11. The zero-order chi connectivity index (χ0) is 3.54. The van der Waals surface area contributed by atoms with E-state index in [1.165, 1.54) is 6.16 Å². The van der Waals surface area contributed by atoms with E-state index in [0.29, 0.717) is 0 Å². The van der Waals surface area contributed by atoms with E-state index in [4.69, 9.17) is 0 Å². The van der Waals surface area contributed by atoms with Gasteiger partial charge in [0, 0.05) is 0 Å². The summed E-state index contributed by atoms with van der Waals surface area (Å²) >= 11 is 0.133. The fraction of sp³-hybridized carbons (Fsp3) is 0.333. The van der Waals surface area contributed by atoms with Crippen LogP contribution in [-0.4, -0.2) is 26.7 Å². The van der Waals surface area contributed by atoms with Crippen molar-refractivity contribution in [2.45, 2.75) is 0 Å². The average molecular weight is 192 g/mol. The third kappa shape index (κ3) is 1.16. The molecule has 0 fully saturated rings. The molecule has 1 heterocycles. The van der Waals surface area contributed by atoms with Crippen molar-refractivity contribution in [2.24, 2.45) is 0 Å². The van der Waals surface area contributed by atoms with Crippen molar-refractivity contribution in [3.05, 3.63) is 10.1 Å². The molecule has 0 unspecified atom stereocenters. The molecular weight excluding hydrogens is 189 g/mol. The first-order valence-corrected chi connectivity index (χ1v) is 7.17. The van der Waals surface area contributed by atoms with Crippen LogP contribution >= 0.6 is 5.69 Å². The number of rotatable bonds is 0. The Morgan fingerprint density at radius 1 is 2.00 bits per heavy atom. The summed E-state index contributed by atoms with van der Waals surface area (Å²) in [5.41, 5.74) is 1.67. The first-order chi connectivity index (χ1) is 2.50. The van der Waals surface area contributed by atoms with Gasteiger partial charge in [-0.15, -0.1) is 0 Å². The van der Waals surface area contributed by atoms with Crippen LogP contribution in [0.1, 0.15) is 0 Å². The van der Waals surface area contributed by atoms with Gasteiger partial charge in [-0.1, -0.05) is 0 Å². The van der Waals surface area contributed by atoms with Gasteiger partial charge in [-0.25, -0.2) is 0 Å². The molecule has 0 amide bonds. The third-order valence-corrected chi connectivity index (χ3v) is 5.11. The van der Waals surface area contributed by atoms with Crippen LogP contribution in [0.2, 0.25) is 0 Å². The summed E-state index contributed by atoms with van der Waals surface area (Å²) in [6, 6.07) is 0. The molecule has 0 aliphatic carbocycles. The minimum absolute atomic E-state index is 0.133. The monoisotopic (exact) mass is 191 g/mol. The van der Waals surface area contributed by atoms with Gasteiger partial charge in [0.05, 0.1) is 0 Å². The number of hydrogen-bond acceptors (Lipinski definition) is 0. The maximum atomic E-state index is 3.23. The molecule has 0 N–H and O–H groups in total. The normalized spacial score (nSPS) is 20.8. The Morgan fingerprint density at radius 3 is 3.20 bits per heavy atom. The summed E-state index contributed by atoms with van der Waals surface area (Å²) in [5, 5.41) is 0. The zero-order valence-corrected chi connectivity index (χ0v) is 6.13. The first kappa shape index (κ1) is 4.03. The van der Waals surface area contributed by atoms with Crippen molar-refractivity contribution in [3.8, 4) is 0 Å². The van der Waals surface area contributed by atoms with Crippen molar-refractivity contribution in [1.82, 2.24) is 0 Å². The van der Waals surface area contributed by atoms with Crippen molar-refractivity contribution in [1.29, 1.82) is 0 Å². The van der Waals surface area contributed by atoms with Crippen LogP contribution in [0.5, 0.6) is 0 Å². The van der Waals surface area contributed by atoms with E-state index < -0.39 is 0 Å². The minimum atomic E-state index is 0.133. The summed E-state index contributed by atoms with van der Waals surface area (Å²) in [4.78, 5) is 0. The van der Waals surface area contributed by atoms with Crippen LogP contribution < -0.4 is 0 Å². The fourth-order valence-electron chi connectivity index (χ4n) is 0.204. The van der Waals surface area contributed by atoms with E-state index in [0.717, 1.165) is 0 Å². The van der Waals surface area contributed by atoms with Crippen LogP contribution in [-0.2, 0) is 0 Å². The van der Waals surface area contributed by atoms with Gasteiger partial charge in [-0.05, 0) is 0 Å². The molecule has 2 heteroatoms. The summed E-state index contributed by atoms with van der Waals surface area (Å²) in [7, 11) is 0. The molecule has 25 valence electrons. The fourth-order valence-corrected chi connectivity index (χ4v) is 4.11. The molecule has 0 saturated heterocycles. The van der Waals surface area contributed by atoms with Gasteiger partial charge in [0.1, 0.15) is 0 Å². The Balaban J connectivity index is 2.61. The topological polar surface area (TPSA) is 0 Å². The first-order valence-electron chi connectivity index (χ1n) is 1.44. The molecule has 0 aromatic rings. The molecule has 0 spiro atoms. The second-order valence-corrected chi connectivity index (χ2v) is 6.48. The van der Waals surface area contributed by atoms with Gasteiger partial charge in [-0.3, -0.25) is 0 Å². The summed E-state index contributed by atoms with van der Waals surface area (Å²) in [6.45, 7) is 0. The third-order valence-electron chi connectivity index (χ3n) is 0.393. The van der Waals surface area contributed by atoms with Crippen molar-refractivity contribution >= 4 is 26.2 Å². The zero-order valence-electron chi connectivity index (χ0n) is 2.68. The molecule has 0 aromatic heterocycles. The standard InChI is InChI=1S/C3H3P.Sb/c1-2-3-4;/h2H,3H2;. The molecule has 0 saturated carbocycles. The molecule has 0 atom stereocenters. The molecule has 0 aromatic carbocycles. The van der Waals surface area contributed by atoms with Gasteiger partial charge in [0.25, 0.3) is 0 Å². The van der Waals surface area contributed by atoms with E-state index >= 15 is 0 Å². The molecule has 0 nitrogen and oxygen atoms in total. The predicted molar refractivity (Wildman–Crippen MR) is 25.4 cm³/mol. The number of hydrogen-bond donors (Lipinski definition) is 0. The van der Waals surface area contributed by atoms with Gasteiger partial charge < -0.3 is 0 Å². The Labute approximate surface area is 42.7 Å². The van der Waals surface area contributed by atoms with Gasteiger partial charge in [0.15, 0.2) is 0 Å². The van der Waals surface area contributed by atoms with Gasteiger partial charge in [0.2, 0.25) is 0 Å². The van der Waals surface area contributed by atoms with Gasteiger partial charge in [-0.2, -0.15) is 0 Å². The average Bonchev–Trinajstić information content (AvgIpc) is 1.76. The quantitative estimate of drug-likeness (QED) is 0.394. The van der Waals surface area contributed by atoms with E-state index in [1.807, 2.05) is 0 Å². The summed E-state index contributed by atoms with van der Waals surface area (Å²) in [5.74, 6) is 0. The van der Waals surface area contributed by atoms with Crippen molar-refractivity contribution in [2.75, 3.05) is 6.16 Å². The van der Waals surface area contributed by atoms with Crippen LogP contribution in [0.4, 0.5) is 0 Å². The molecule has 1 rings (SSSR count). The van der Waals surface area contributed by atoms with Gasteiger partial charge >= 0.3 is 42.5 Å². The van der Waals surface area contributed by atoms with E-state index in [2.05, 4.69) is 10.1 Å². The SMILES string of the molecule is [C]1=CC[P]=[Sb]1. The van der Waals surface area contributed by atoms with Crippen LogP contribution in [0.15, 0.2) is 6.08 Å². The van der Waals surface area contributed by atoms with E-state index in [9.17, 15) is 0 Å². The van der Waals surface area contributed by atoms with E-state index in [-0.39, 0.29) is 20.5 Å². The summed E-state index contributed by atoms with van der Waals surface area (Å²) in [6.07, 6.45) is 3.47. The number of allylic oxidation sites excluding steroid dienone is 1. The summed E-state index contributed by atoms with van der Waals surface area (Å²) < 4.78 is 3.23. The second-order valence-electron chi connectivity index (χ2n) is 0.757. The van der Waals surface area contributed by atoms with Crippen LogP contribution in [0, 0.1) is 4.02 Å². The Bertz CT molecular complexity index is 65.0. The molecule has 1 aliphatic heterocycles.